The number of aromatic amines is 1. The molecule has 1 saturated heterocycles. The van der Waals surface area contributed by atoms with Gasteiger partial charge < -0.3 is 30.2 Å². The van der Waals surface area contributed by atoms with Gasteiger partial charge in [0.15, 0.2) is 0 Å². The minimum atomic E-state index is -1.38. The number of hydrogen-bond acceptors (Lipinski definition) is 5. The zero-order valence-electron chi connectivity index (χ0n) is 24.1. The van der Waals surface area contributed by atoms with Crippen molar-refractivity contribution < 1.29 is 23.9 Å². The van der Waals surface area contributed by atoms with Crippen molar-refractivity contribution in [2.24, 2.45) is 5.41 Å². The molecule has 3 aromatic rings. The van der Waals surface area contributed by atoms with Crippen LogP contribution in [0.1, 0.15) is 57.8 Å². The highest BCUT2D eigenvalue weighted by Crippen LogP contribution is 2.27. The van der Waals surface area contributed by atoms with Crippen LogP contribution in [0.3, 0.4) is 0 Å². The van der Waals surface area contributed by atoms with Gasteiger partial charge in [0.25, 0.3) is 5.56 Å². The van der Waals surface area contributed by atoms with Crippen molar-refractivity contribution in [1.29, 1.82) is 0 Å². The van der Waals surface area contributed by atoms with E-state index in [0.29, 0.717) is 23.3 Å². The molecule has 0 aliphatic carbocycles. The molecule has 1 fully saturated rings. The van der Waals surface area contributed by atoms with Crippen molar-refractivity contribution in [3.05, 3.63) is 70.2 Å². The number of nitrogens with one attached hydrogen (secondary N) is 3. The Morgan fingerprint density at radius 1 is 1.21 bits per heavy atom. The van der Waals surface area contributed by atoms with Crippen molar-refractivity contribution in [2.45, 2.75) is 65.5 Å². The third-order valence-electron chi connectivity index (χ3n) is 6.91. The molecule has 1 aromatic carbocycles. The Hall–Kier alpha value is -4.48. The summed E-state index contributed by atoms with van der Waals surface area (Å²) in [7, 11) is 0. The van der Waals surface area contributed by atoms with Gasteiger partial charge in [-0.25, -0.2) is 14.2 Å². The van der Waals surface area contributed by atoms with Crippen LogP contribution in [-0.4, -0.2) is 61.6 Å². The fourth-order valence-electron chi connectivity index (χ4n) is 5.03. The predicted octanol–water partition coefficient (Wildman–Crippen LogP) is 4.03. The summed E-state index contributed by atoms with van der Waals surface area (Å²) in [6.07, 6.45) is 6.15. The van der Waals surface area contributed by atoms with Crippen LogP contribution in [0.4, 0.5) is 14.9 Å². The van der Waals surface area contributed by atoms with Gasteiger partial charge in [0, 0.05) is 19.3 Å². The predicted molar refractivity (Wildman–Crippen MR) is 157 cm³/mol. The van der Waals surface area contributed by atoms with E-state index >= 15 is 0 Å². The minimum Gasteiger partial charge on any atom is -0.465 e. The SMILES string of the molecule is CC(C)(C)Cc1cc(F)cc2[nH]c(Cn3cccc(NC(=O)C(CC/C=C/C(=O)N4CCCC4)NC(=O)O)c3=O)nc12. The first-order valence-electron chi connectivity index (χ1n) is 14.0. The maximum Gasteiger partial charge on any atom is 0.405 e. The Morgan fingerprint density at radius 3 is 2.64 bits per heavy atom. The monoisotopic (exact) mass is 580 g/mol. The van der Waals surface area contributed by atoms with Crippen LogP contribution in [0.25, 0.3) is 11.0 Å². The van der Waals surface area contributed by atoms with Crippen LogP contribution in [0.5, 0.6) is 0 Å². The molecule has 3 amide bonds. The van der Waals surface area contributed by atoms with Gasteiger partial charge in [0.05, 0.1) is 17.6 Å². The smallest absolute Gasteiger partial charge is 0.405 e. The lowest BCUT2D eigenvalue weighted by molar-refractivity contribution is -0.125. The summed E-state index contributed by atoms with van der Waals surface area (Å²) in [5.74, 6) is -0.740. The maximum absolute atomic E-state index is 14.3. The van der Waals surface area contributed by atoms with Gasteiger partial charge in [-0.3, -0.25) is 14.4 Å². The van der Waals surface area contributed by atoms with Crippen molar-refractivity contribution in [3.8, 4) is 0 Å². The molecule has 1 aliphatic heterocycles. The Kier molecular flexibility index (Phi) is 9.44. The van der Waals surface area contributed by atoms with Crippen LogP contribution in [-0.2, 0) is 22.6 Å². The zero-order chi connectivity index (χ0) is 30.4. The van der Waals surface area contributed by atoms with Gasteiger partial charge in [-0.05, 0) is 73.4 Å². The fourth-order valence-corrected chi connectivity index (χ4v) is 5.03. The summed E-state index contributed by atoms with van der Waals surface area (Å²) >= 11 is 0. The highest BCUT2D eigenvalue weighted by Gasteiger charge is 2.22. The molecule has 4 rings (SSSR count). The number of hydrogen-bond donors (Lipinski definition) is 4. The summed E-state index contributed by atoms with van der Waals surface area (Å²) < 4.78 is 15.6. The quantitative estimate of drug-likeness (QED) is 0.266. The van der Waals surface area contributed by atoms with Crippen LogP contribution < -0.4 is 16.2 Å². The number of nitrogens with zero attached hydrogens (tertiary/aromatic N) is 3. The Labute approximate surface area is 242 Å². The van der Waals surface area contributed by atoms with E-state index in [1.54, 1.807) is 17.0 Å². The number of pyridine rings is 1. The van der Waals surface area contributed by atoms with E-state index in [4.69, 9.17) is 0 Å². The number of imidazole rings is 1. The lowest BCUT2D eigenvalue weighted by Crippen LogP contribution is -2.44. The number of amides is 3. The number of carboxylic acid groups (broad SMARTS) is 1. The van der Waals surface area contributed by atoms with Gasteiger partial charge >= 0.3 is 6.09 Å². The number of halogens is 1. The van der Waals surface area contributed by atoms with E-state index in [1.165, 1.54) is 35.0 Å². The van der Waals surface area contributed by atoms with Crippen molar-refractivity contribution in [1.82, 2.24) is 24.8 Å². The summed E-state index contributed by atoms with van der Waals surface area (Å²) in [5.41, 5.74) is 1.30. The molecule has 1 aliphatic rings. The van der Waals surface area contributed by atoms with Gasteiger partial charge in [0.2, 0.25) is 11.8 Å². The molecular formula is C30H37FN6O5. The molecular weight excluding hydrogens is 543 g/mol. The molecule has 1 unspecified atom stereocenters. The van der Waals surface area contributed by atoms with E-state index in [-0.39, 0.29) is 42.2 Å². The topological polar surface area (TPSA) is 149 Å². The number of carbonyl (C=O) groups excluding carboxylic acids is 2. The molecule has 12 heteroatoms. The second-order valence-corrected chi connectivity index (χ2v) is 11.7. The van der Waals surface area contributed by atoms with Crippen molar-refractivity contribution in [3.63, 3.8) is 0 Å². The first-order valence-corrected chi connectivity index (χ1v) is 14.0. The molecule has 42 heavy (non-hydrogen) atoms. The van der Waals surface area contributed by atoms with Gasteiger partial charge in [-0.1, -0.05) is 26.8 Å². The number of rotatable bonds is 10. The van der Waals surface area contributed by atoms with E-state index in [1.807, 2.05) is 0 Å². The summed E-state index contributed by atoms with van der Waals surface area (Å²) in [6, 6.07) is 4.71. The summed E-state index contributed by atoms with van der Waals surface area (Å²) in [5, 5.41) is 13.9. The lowest BCUT2D eigenvalue weighted by Gasteiger charge is -2.18. The number of benzene rings is 1. The summed E-state index contributed by atoms with van der Waals surface area (Å²) in [6.45, 7) is 7.65. The fraction of sp³-hybridized carbons (Fsp3) is 0.433. The van der Waals surface area contributed by atoms with E-state index < -0.39 is 23.6 Å². The largest absolute Gasteiger partial charge is 0.465 e. The highest BCUT2D eigenvalue weighted by atomic mass is 19.1. The number of H-pyrrole nitrogens is 1. The molecule has 0 bridgehead atoms. The summed E-state index contributed by atoms with van der Waals surface area (Å²) in [4.78, 5) is 59.1. The third-order valence-corrected chi connectivity index (χ3v) is 6.91. The normalized spacial score (nSPS) is 14.4. The number of carbonyl (C=O) groups is 3. The average Bonchev–Trinajstić information content (AvgIpc) is 3.57. The standard InChI is InChI=1S/C30H37FN6O5/c1-30(2,3)17-19-15-20(31)16-23-26(19)35-24(32-23)18-37-14-8-10-22(28(37)40)33-27(39)21(34-29(41)42)9-4-5-11-25(38)36-12-6-7-13-36/h5,8,10-11,14-16,21,34H,4,6-7,9,12-13,17-18H2,1-3H3,(H,32,35)(H,33,39)(H,41,42)/b11-5+. The second kappa shape index (κ2) is 13.0. The van der Waals surface area contributed by atoms with E-state index in [0.717, 1.165) is 31.5 Å². The lowest BCUT2D eigenvalue weighted by atomic mass is 9.87. The Bertz CT molecular complexity index is 1550. The molecule has 1 atom stereocenters. The van der Waals surface area contributed by atoms with Gasteiger partial charge in [0.1, 0.15) is 23.4 Å². The zero-order valence-corrected chi connectivity index (χ0v) is 24.1. The van der Waals surface area contributed by atoms with Crippen LogP contribution >= 0.6 is 0 Å². The number of fused-ring (bicyclic) bond motifs is 1. The Morgan fingerprint density at radius 2 is 1.95 bits per heavy atom. The second-order valence-electron chi connectivity index (χ2n) is 11.7. The molecule has 0 radical (unpaired) electrons. The number of anilines is 1. The third kappa shape index (κ3) is 8.05. The van der Waals surface area contributed by atoms with Crippen LogP contribution in [0.2, 0.25) is 0 Å². The van der Waals surface area contributed by atoms with Crippen LogP contribution in [0, 0.1) is 11.2 Å². The van der Waals surface area contributed by atoms with Crippen molar-refractivity contribution >= 4 is 34.6 Å². The van der Waals surface area contributed by atoms with Gasteiger partial charge in [-0.2, -0.15) is 0 Å². The average molecular weight is 581 g/mol. The molecule has 3 heterocycles. The van der Waals surface area contributed by atoms with E-state index in [2.05, 4.69) is 41.4 Å². The van der Waals surface area contributed by atoms with Crippen LogP contribution in [0.15, 0.2) is 47.4 Å². The maximum atomic E-state index is 14.3. The number of allylic oxidation sites excluding steroid dienone is 1. The van der Waals surface area contributed by atoms with Gasteiger partial charge in [-0.15, -0.1) is 0 Å². The molecule has 0 saturated carbocycles. The van der Waals surface area contributed by atoms with Crippen molar-refractivity contribution in [2.75, 3.05) is 18.4 Å². The molecule has 4 N–H and O–H groups in total. The molecule has 2 aromatic heterocycles. The minimum absolute atomic E-state index is 0.0324. The molecule has 224 valence electrons. The molecule has 11 nitrogen and oxygen atoms in total. The highest BCUT2D eigenvalue weighted by molar-refractivity contribution is 5.96. The number of likely N-dealkylation sites (tertiary alicyclic amines) is 1. The first-order chi connectivity index (χ1) is 19.9. The Balaban J connectivity index is 1.45. The number of aromatic nitrogens is 3. The first kappa shape index (κ1) is 30.5. The van der Waals surface area contributed by atoms with E-state index in [9.17, 15) is 28.7 Å². The molecule has 0 spiro atoms.